The highest BCUT2D eigenvalue weighted by molar-refractivity contribution is 6.51. The number of carbonyl (C=O) groups is 2. The summed E-state index contributed by atoms with van der Waals surface area (Å²) in [7, 11) is 2.89. The molecular weight excluding hydrogens is 437 g/mol. The fourth-order valence-electron chi connectivity index (χ4n) is 4.20. The topological polar surface area (TPSA) is 76.1 Å². The summed E-state index contributed by atoms with van der Waals surface area (Å²) in [6.07, 6.45) is 0. The lowest BCUT2D eigenvalue weighted by Gasteiger charge is -2.27. The van der Waals surface area contributed by atoms with Crippen molar-refractivity contribution in [2.45, 2.75) is 19.9 Å². The summed E-state index contributed by atoms with van der Waals surface area (Å²) in [6.45, 7) is 3.73. The molecule has 0 radical (unpaired) electrons. The Balaban J connectivity index is 2.03. The second-order valence-corrected chi connectivity index (χ2v) is 8.08. The molecule has 174 valence electrons. The summed E-state index contributed by atoms with van der Waals surface area (Å²) in [4.78, 5) is 28.1. The van der Waals surface area contributed by atoms with Gasteiger partial charge in [-0.15, -0.1) is 0 Å². The van der Waals surface area contributed by atoms with E-state index in [1.807, 2.05) is 32.0 Å². The van der Waals surface area contributed by atoms with E-state index in [0.717, 1.165) is 17.2 Å². The normalized spacial score (nSPS) is 17.2. The zero-order chi connectivity index (χ0) is 24.6. The van der Waals surface area contributed by atoms with Crippen LogP contribution in [0.15, 0.2) is 66.2 Å². The number of amides is 1. The van der Waals surface area contributed by atoms with Crippen molar-refractivity contribution in [3.8, 4) is 11.5 Å². The van der Waals surface area contributed by atoms with Gasteiger partial charge >= 0.3 is 0 Å². The van der Waals surface area contributed by atoms with Crippen LogP contribution in [0.1, 0.15) is 28.3 Å². The lowest BCUT2D eigenvalue weighted by Crippen LogP contribution is -2.30. The first kappa shape index (κ1) is 23.0. The second kappa shape index (κ2) is 9.02. The highest BCUT2D eigenvalue weighted by Crippen LogP contribution is 2.44. The molecule has 1 heterocycles. The number of carbonyl (C=O) groups excluding carboxylic acids is 2. The molecular formula is C27H24FNO5. The van der Waals surface area contributed by atoms with Crippen LogP contribution in [0.25, 0.3) is 5.76 Å². The van der Waals surface area contributed by atoms with Crippen molar-refractivity contribution in [3.05, 3.63) is 94.3 Å². The molecule has 1 atom stereocenters. The monoisotopic (exact) mass is 461 g/mol. The maximum absolute atomic E-state index is 14.1. The molecule has 3 aromatic carbocycles. The van der Waals surface area contributed by atoms with Crippen molar-refractivity contribution in [1.29, 1.82) is 0 Å². The van der Waals surface area contributed by atoms with Crippen LogP contribution in [0.3, 0.4) is 0 Å². The van der Waals surface area contributed by atoms with E-state index in [2.05, 4.69) is 0 Å². The molecule has 0 aromatic heterocycles. The van der Waals surface area contributed by atoms with E-state index in [1.165, 1.54) is 31.3 Å². The third-order valence-electron chi connectivity index (χ3n) is 5.89. The first-order valence-electron chi connectivity index (χ1n) is 10.6. The molecule has 1 aliphatic rings. The van der Waals surface area contributed by atoms with Crippen molar-refractivity contribution in [2.24, 2.45) is 0 Å². The summed E-state index contributed by atoms with van der Waals surface area (Å²) in [5.41, 5.74) is 2.59. The summed E-state index contributed by atoms with van der Waals surface area (Å²) in [5.74, 6) is -2.12. The van der Waals surface area contributed by atoms with Crippen molar-refractivity contribution < 1.29 is 28.6 Å². The van der Waals surface area contributed by atoms with Gasteiger partial charge in [0.25, 0.3) is 11.7 Å². The molecule has 0 aliphatic carbocycles. The Kier molecular flexibility index (Phi) is 6.11. The largest absolute Gasteiger partial charge is 0.507 e. The first-order chi connectivity index (χ1) is 16.3. The van der Waals surface area contributed by atoms with E-state index in [9.17, 15) is 19.1 Å². The van der Waals surface area contributed by atoms with Crippen LogP contribution >= 0.6 is 0 Å². The number of Topliss-reactive ketones (excluding diaryl/α,β-unsaturated/α-hetero) is 1. The molecule has 1 amide bonds. The number of ketones is 1. The van der Waals surface area contributed by atoms with Crippen molar-refractivity contribution >= 4 is 23.1 Å². The Hall–Kier alpha value is -4.13. The maximum Gasteiger partial charge on any atom is 0.300 e. The number of halogens is 1. The zero-order valence-corrected chi connectivity index (χ0v) is 19.3. The maximum atomic E-state index is 14.1. The van der Waals surface area contributed by atoms with Gasteiger partial charge in [0.1, 0.15) is 23.1 Å². The SMILES string of the molecule is COc1cccc(C2/C(=C(\O)c3cc(F)ccc3OC)C(=O)C(=O)N2c2cc(C)ccc2C)c1. The molecule has 6 nitrogen and oxygen atoms in total. The van der Waals surface area contributed by atoms with Crippen LogP contribution in [0.2, 0.25) is 0 Å². The van der Waals surface area contributed by atoms with E-state index in [-0.39, 0.29) is 16.9 Å². The molecule has 0 saturated carbocycles. The van der Waals surface area contributed by atoms with Gasteiger partial charge in [-0.3, -0.25) is 14.5 Å². The predicted molar refractivity (Wildman–Crippen MR) is 127 cm³/mol. The summed E-state index contributed by atoms with van der Waals surface area (Å²) in [5, 5.41) is 11.3. The van der Waals surface area contributed by atoms with Crippen molar-refractivity contribution in [3.63, 3.8) is 0 Å². The number of rotatable bonds is 5. The lowest BCUT2D eigenvalue weighted by atomic mass is 9.94. The summed E-state index contributed by atoms with van der Waals surface area (Å²) in [6, 6.07) is 15.1. The predicted octanol–water partition coefficient (Wildman–Crippen LogP) is 5.09. The van der Waals surface area contributed by atoms with Gasteiger partial charge in [-0.25, -0.2) is 4.39 Å². The van der Waals surface area contributed by atoms with Gasteiger partial charge in [0.2, 0.25) is 0 Å². The van der Waals surface area contributed by atoms with E-state index in [4.69, 9.17) is 9.47 Å². The Morgan fingerprint density at radius 1 is 0.971 bits per heavy atom. The molecule has 3 aromatic rings. The quantitative estimate of drug-likeness (QED) is 0.326. The minimum Gasteiger partial charge on any atom is -0.507 e. The third-order valence-corrected chi connectivity index (χ3v) is 5.89. The second-order valence-electron chi connectivity index (χ2n) is 8.08. The highest BCUT2D eigenvalue weighted by Gasteiger charge is 2.47. The number of hydrogen-bond acceptors (Lipinski definition) is 5. The first-order valence-corrected chi connectivity index (χ1v) is 10.6. The molecule has 1 aliphatic heterocycles. The molecule has 1 N–H and O–H groups in total. The highest BCUT2D eigenvalue weighted by atomic mass is 19.1. The van der Waals surface area contributed by atoms with Crippen LogP contribution in [-0.4, -0.2) is 31.0 Å². The number of methoxy groups -OCH3 is 2. The fraction of sp³-hybridized carbons (Fsp3) is 0.185. The van der Waals surface area contributed by atoms with Gasteiger partial charge in [0, 0.05) is 5.69 Å². The average molecular weight is 461 g/mol. The van der Waals surface area contributed by atoms with E-state index in [0.29, 0.717) is 17.0 Å². The number of aliphatic hydroxyl groups is 1. The van der Waals surface area contributed by atoms with Gasteiger partial charge in [-0.2, -0.15) is 0 Å². The van der Waals surface area contributed by atoms with Crippen LogP contribution in [0, 0.1) is 19.7 Å². The smallest absolute Gasteiger partial charge is 0.300 e. The van der Waals surface area contributed by atoms with E-state index < -0.39 is 29.3 Å². The van der Waals surface area contributed by atoms with Gasteiger partial charge in [-0.05, 0) is 66.9 Å². The van der Waals surface area contributed by atoms with Gasteiger partial charge in [0.15, 0.2) is 0 Å². The number of nitrogens with zero attached hydrogens (tertiary/aromatic N) is 1. The molecule has 1 unspecified atom stereocenters. The number of aliphatic hydroxyl groups excluding tert-OH is 1. The standard InChI is InChI=1S/C27H24FNO5/c1-15-8-9-16(2)21(12-15)29-24(17-6-5-7-19(13-17)33-3)23(26(31)27(29)32)25(30)20-14-18(28)10-11-22(20)34-4/h5-14,24,30H,1-4H3/b25-23+. The Morgan fingerprint density at radius 3 is 2.44 bits per heavy atom. The van der Waals surface area contributed by atoms with Gasteiger partial charge in [-0.1, -0.05) is 24.3 Å². The zero-order valence-electron chi connectivity index (χ0n) is 19.3. The van der Waals surface area contributed by atoms with Crippen LogP contribution < -0.4 is 14.4 Å². The molecule has 34 heavy (non-hydrogen) atoms. The molecule has 1 saturated heterocycles. The molecule has 0 bridgehead atoms. The molecule has 0 spiro atoms. The minimum atomic E-state index is -0.969. The lowest BCUT2D eigenvalue weighted by molar-refractivity contribution is -0.132. The minimum absolute atomic E-state index is 0.0191. The number of aryl methyl sites for hydroxylation is 2. The number of anilines is 1. The fourth-order valence-corrected chi connectivity index (χ4v) is 4.20. The van der Waals surface area contributed by atoms with Crippen LogP contribution in [0.4, 0.5) is 10.1 Å². The van der Waals surface area contributed by atoms with Gasteiger partial charge in [0.05, 0.1) is 31.4 Å². The number of ether oxygens (including phenoxy) is 2. The Bertz CT molecular complexity index is 1330. The van der Waals surface area contributed by atoms with Crippen LogP contribution in [-0.2, 0) is 9.59 Å². The molecule has 4 rings (SSSR count). The van der Waals surface area contributed by atoms with Crippen molar-refractivity contribution in [1.82, 2.24) is 0 Å². The summed E-state index contributed by atoms with van der Waals surface area (Å²) < 4.78 is 24.7. The Labute approximate surface area is 196 Å². The van der Waals surface area contributed by atoms with Crippen molar-refractivity contribution in [2.75, 3.05) is 19.1 Å². The number of benzene rings is 3. The average Bonchev–Trinajstić information content (AvgIpc) is 3.10. The third kappa shape index (κ3) is 3.90. The Morgan fingerprint density at radius 2 is 1.74 bits per heavy atom. The van der Waals surface area contributed by atoms with E-state index >= 15 is 0 Å². The van der Waals surface area contributed by atoms with E-state index in [1.54, 1.807) is 24.3 Å². The number of hydrogen-bond donors (Lipinski definition) is 1. The van der Waals surface area contributed by atoms with Gasteiger partial charge < -0.3 is 14.6 Å². The van der Waals surface area contributed by atoms with Crippen LogP contribution in [0.5, 0.6) is 11.5 Å². The molecule has 7 heteroatoms. The summed E-state index contributed by atoms with van der Waals surface area (Å²) >= 11 is 0. The molecule has 1 fully saturated rings.